The van der Waals surface area contributed by atoms with Gasteiger partial charge in [0.15, 0.2) is 11.5 Å². The third-order valence-electron chi connectivity index (χ3n) is 4.59. The molecular formula is C21H18F2N4O4S. The summed E-state index contributed by atoms with van der Waals surface area (Å²) in [5.74, 6) is -0.953. The molecule has 3 heterocycles. The molecule has 11 heteroatoms. The molecule has 3 N–H and O–H groups in total. The van der Waals surface area contributed by atoms with E-state index in [1.54, 1.807) is 18.3 Å². The molecular weight excluding hydrogens is 442 g/mol. The molecule has 0 saturated carbocycles. The number of aromatic nitrogens is 1. The Balaban J connectivity index is 1.47. The number of ether oxygens (including phenoxy) is 2. The molecule has 0 fully saturated rings. The van der Waals surface area contributed by atoms with Crippen LogP contribution in [-0.4, -0.2) is 30.1 Å². The van der Waals surface area contributed by atoms with Gasteiger partial charge < -0.3 is 25.4 Å². The van der Waals surface area contributed by atoms with Crippen molar-refractivity contribution in [2.45, 2.75) is 19.8 Å². The average molecular weight is 460 g/mol. The molecule has 2 aromatic heterocycles. The number of alkyl halides is 2. The Bertz CT molecular complexity index is 1200. The van der Waals surface area contributed by atoms with Crippen molar-refractivity contribution in [3.63, 3.8) is 0 Å². The maximum atomic E-state index is 13.2. The van der Waals surface area contributed by atoms with Crippen LogP contribution in [0, 0.1) is 6.92 Å². The second-order valence-corrected chi connectivity index (χ2v) is 7.77. The van der Waals surface area contributed by atoms with Crippen LogP contribution in [0.4, 0.5) is 20.2 Å². The number of thiophene rings is 1. The van der Waals surface area contributed by atoms with Crippen molar-refractivity contribution in [1.29, 1.82) is 0 Å². The fourth-order valence-electron chi connectivity index (χ4n) is 3.07. The summed E-state index contributed by atoms with van der Waals surface area (Å²) in [6.45, 7) is 2.23. The van der Waals surface area contributed by atoms with Crippen LogP contribution in [0.5, 0.6) is 11.5 Å². The first-order valence-corrected chi connectivity index (χ1v) is 10.3. The number of rotatable bonds is 6. The summed E-state index contributed by atoms with van der Waals surface area (Å²) in [7, 11) is 1.53. The summed E-state index contributed by atoms with van der Waals surface area (Å²) in [5, 5.41) is 10.3. The molecule has 0 atom stereocenters. The van der Waals surface area contributed by atoms with Gasteiger partial charge >= 0.3 is 6.29 Å². The predicted molar refractivity (Wildman–Crippen MR) is 115 cm³/mol. The van der Waals surface area contributed by atoms with E-state index in [0.29, 0.717) is 22.8 Å². The first kappa shape index (κ1) is 21.5. The smallest absolute Gasteiger partial charge is 0.395 e. The molecule has 4 rings (SSSR count). The Morgan fingerprint density at radius 1 is 1.12 bits per heavy atom. The highest BCUT2D eigenvalue weighted by molar-refractivity contribution is 7.13. The van der Waals surface area contributed by atoms with Crippen LogP contribution >= 0.6 is 11.3 Å². The quantitative estimate of drug-likeness (QED) is 0.514. The molecule has 0 spiro atoms. The summed E-state index contributed by atoms with van der Waals surface area (Å²) in [6, 6.07) is 7.46. The number of halogens is 2. The molecule has 0 unspecified atom stereocenters. The Labute approximate surface area is 185 Å². The molecule has 2 amide bonds. The number of anilines is 2. The predicted octanol–water partition coefficient (Wildman–Crippen LogP) is 4.00. The number of nitrogens with one attached hydrogen (secondary N) is 3. The lowest BCUT2D eigenvalue weighted by Gasteiger charge is -2.11. The molecule has 32 heavy (non-hydrogen) atoms. The topological polar surface area (TPSA) is 102 Å². The third kappa shape index (κ3) is 4.47. The maximum absolute atomic E-state index is 13.2. The molecule has 3 aromatic rings. The Kier molecular flexibility index (Phi) is 5.66. The van der Waals surface area contributed by atoms with E-state index >= 15 is 0 Å². The Morgan fingerprint density at radius 3 is 2.69 bits per heavy atom. The van der Waals surface area contributed by atoms with Crippen LogP contribution in [0.25, 0.3) is 0 Å². The number of hydrogen-bond donors (Lipinski definition) is 3. The van der Waals surface area contributed by atoms with Crippen LogP contribution in [0.15, 0.2) is 41.9 Å². The second-order valence-electron chi connectivity index (χ2n) is 6.89. The van der Waals surface area contributed by atoms with E-state index < -0.39 is 12.2 Å². The normalized spacial score (nSPS) is 13.5. The fourth-order valence-corrected chi connectivity index (χ4v) is 3.99. The van der Waals surface area contributed by atoms with Crippen molar-refractivity contribution in [3.05, 3.63) is 63.6 Å². The SMILES string of the molecule is CNC(=O)c1cc(CNc2c(C)csc2C(=O)Nc2ccc3c(c2)OC(F)(F)O3)ccn1. The summed E-state index contributed by atoms with van der Waals surface area (Å²) < 4.78 is 35.2. The van der Waals surface area contributed by atoms with E-state index in [0.717, 1.165) is 11.1 Å². The largest absolute Gasteiger partial charge is 0.586 e. The van der Waals surface area contributed by atoms with Gasteiger partial charge in [0, 0.05) is 31.5 Å². The fraction of sp³-hybridized carbons (Fsp3) is 0.190. The Hall–Kier alpha value is -3.73. The van der Waals surface area contributed by atoms with Gasteiger partial charge in [-0.2, -0.15) is 0 Å². The van der Waals surface area contributed by atoms with Gasteiger partial charge in [0.2, 0.25) is 0 Å². The van der Waals surface area contributed by atoms with Gasteiger partial charge in [0.1, 0.15) is 10.6 Å². The summed E-state index contributed by atoms with van der Waals surface area (Å²) in [4.78, 5) is 29.1. The minimum atomic E-state index is -3.72. The van der Waals surface area contributed by atoms with Crippen LogP contribution < -0.4 is 25.4 Å². The van der Waals surface area contributed by atoms with E-state index in [1.165, 1.54) is 36.6 Å². The molecule has 1 aliphatic rings. The number of amides is 2. The molecule has 1 aliphatic heterocycles. The van der Waals surface area contributed by atoms with Gasteiger partial charge in [-0.3, -0.25) is 14.6 Å². The number of carbonyl (C=O) groups excluding carboxylic acids is 2. The lowest BCUT2D eigenvalue weighted by molar-refractivity contribution is -0.286. The maximum Gasteiger partial charge on any atom is 0.586 e. The summed E-state index contributed by atoms with van der Waals surface area (Å²) in [5.41, 5.74) is 2.90. The van der Waals surface area contributed by atoms with Crippen molar-refractivity contribution in [2.24, 2.45) is 0 Å². The first-order valence-electron chi connectivity index (χ1n) is 9.46. The molecule has 166 valence electrons. The second kappa shape index (κ2) is 8.42. The van der Waals surface area contributed by atoms with E-state index in [1.807, 2.05) is 12.3 Å². The molecule has 0 saturated heterocycles. The standard InChI is InChI=1S/C21H18F2N4O4S/c1-11-10-32-18(17(11)26-9-12-5-6-25-14(7-12)19(28)24-2)20(29)27-13-3-4-15-16(8-13)31-21(22,23)30-15/h3-8,10,26H,9H2,1-2H3,(H,24,28)(H,27,29). The van der Waals surface area contributed by atoms with E-state index in [-0.39, 0.29) is 23.1 Å². The molecule has 0 aliphatic carbocycles. The first-order chi connectivity index (χ1) is 15.3. The number of nitrogens with zero attached hydrogens (tertiary/aromatic N) is 1. The number of pyridine rings is 1. The van der Waals surface area contributed by atoms with Gasteiger partial charge in [0.05, 0.1) is 5.69 Å². The molecule has 0 bridgehead atoms. The number of fused-ring (bicyclic) bond motifs is 1. The average Bonchev–Trinajstić information content (AvgIpc) is 3.28. The number of hydrogen-bond acceptors (Lipinski definition) is 7. The highest BCUT2D eigenvalue weighted by atomic mass is 32.1. The minimum Gasteiger partial charge on any atom is -0.395 e. The number of aryl methyl sites for hydroxylation is 1. The monoisotopic (exact) mass is 460 g/mol. The van der Waals surface area contributed by atoms with Crippen molar-refractivity contribution in [3.8, 4) is 11.5 Å². The van der Waals surface area contributed by atoms with Crippen LogP contribution in [0.1, 0.15) is 31.3 Å². The lowest BCUT2D eigenvalue weighted by Crippen LogP contribution is -2.25. The van der Waals surface area contributed by atoms with Gasteiger partial charge in [-0.05, 0) is 47.7 Å². The van der Waals surface area contributed by atoms with Crippen LogP contribution in [0.2, 0.25) is 0 Å². The van der Waals surface area contributed by atoms with Crippen molar-refractivity contribution < 1.29 is 27.8 Å². The van der Waals surface area contributed by atoms with Crippen LogP contribution in [0.3, 0.4) is 0 Å². The van der Waals surface area contributed by atoms with Gasteiger partial charge in [-0.1, -0.05) is 0 Å². The summed E-state index contributed by atoms with van der Waals surface area (Å²) >= 11 is 1.25. The van der Waals surface area contributed by atoms with Crippen molar-refractivity contribution in [2.75, 3.05) is 17.7 Å². The zero-order chi connectivity index (χ0) is 22.9. The Morgan fingerprint density at radius 2 is 1.91 bits per heavy atom. The van der Waals surface area contributed by atoms with Gasteiger partial charge in [-0.15, -0.1) is 20.1 Å². The van der Waals surface area contributed by atoms with Crippen molar-refractivity contribution >= 4 is 34.5 Å². The molecule has 1 aromatic carbocycles. The van der Waals surface area contributed by atoms with E-state index in [4.69, 9.17) is 0 Å². The zero-order valence-corrected chi connectivity index (χ0v) is 17.8. The van der Waals surface area contributed by atoms with Gasteiger partial charge in [0.25, 0.3) is 11.8 Å². The van der Waals surface area contributed by atoms with Crippen molar-refractivity contribution in [1.82, 2.24) is 10.3 Å². The van der Waals surface area contributed by atoms with E-state index in [2.05, 4.69) is 30.4 Å². The molecule has 0 radical (unpaired) electrons. The molecule has 8 nitrogen and oxygen atoms in total. The lowest BCUT2D eigenvalue weighted by atomic mass is 10.2. The zero-order valence-electron chi connectivity index (χ0n) is 17.0. The third-order valence-corrected chi connectivity index (χ3v) is 5.69. The summed E-state index contributed by atoms with van der Waals surface area (Å²) in [6.07, 6.45) is -2.18. The highest BCUT2D eigenvalue weighted by Gasteiger charge is 2.43. The minimum absolute atomic E-state index is 0.101. The highest BCUT2D eigenvalue weighted by Crippen LogP contribution is 2.42. The van der Waals surface area contributed by atoms with E-state index in [9.17, 15) is 18.4 Å². The number of benzene rings is 1. The van der Waals surface area contributed by atoms with Crippen LogP contribution in [-0.2, 0) is 6.54 Å². The number of carbonyl (C=O) groups is 2. The van der Waals surface area contributed by atoms with Gasteiger partial charge in [-0.25, -0.2) is 0 Å².